The van der Waals surface area contributed by atoms with E-state index >= 15 is 0 Å². The third-order valence-electron chi connectivity index (χ3n) is 6.37. The highest BCUT2D eigenvalue weighted by atomic mass is 16.2. The van der Waals surface area contributed by atoms with Crippen molar-refractivity contribution >= 4 is 23.6 Å². The largest absolute Gasteiger partial charge is 0.351 e. The van der Waals surface area contributed by atoms with Gasteiger partial charge in [-0.15, -0.1) is 0 Å². The van der Waals surface area contributed by atoms with Crippen molar-refractivity contribution < 1.29 is 9.59 Å². The fourth-order valence-corrected chi connectivity index (χ4v) is 4.50. The Bertz CT molecular complexity index is 951. The van der Waals surface area contributed by atoms with Crippen LogP contribution in [0.1, 0.15) is 42.9 Å². The summed E-state index contributed by atoms with van der Waals surface area (Å²) in [4.78, 5) is 28.5. The number of nitrogens with one attached hydrogen (secondary N) is 1. The molecule has 2 aliphatic heterocycles. The normalized spacial score (nSPS) is 17.7. The van der Waals surface area contributed by atoms with Gasteiger partial charge in [-0.25, -0.2) is 0 Å². The average Bonchev–Trinajstić information content (AvgIpc) is 3.24. The fourth-order valence-electron chi connectivity index (χ4n) is 4.50. The van der Waals surface area contributed by atoms with E-state index in [1.54, 1.807) is 6.08 Å². The molecule has 0 radical (unpaired) electrons. The lowest BCUT2D eigenvalue weighted by atomic mass is 9.98. The van der Waals surface area contributed by atoms with Crippen molar-refractivity contribution in [1.82, 2.24) is 10.2 Å². The molecule has 1 saturated heterocycles. The summed E-state index contributed by atoms with van der Waals surface area (Å²) in [5.41, 5.74) is 4.72. The first-order valence-corrected chi connectivity index (χ1v) is 11.3. The summed E-state index contributed by atoms with van der Waals surface area (Å²) in [6, 6.07) is 16.8. The Morgan fingerprint density at radius 1 is 1.06 bits per heavy atom. The van der Waals surface area contributed by atoms with Crippen LogP contribution in [0.25, 0.3) is 6.08 Å². The first-order valence-electron chi connectivity index (χ1n) is 11.3. The minimum absolute atomic E-state index is 0.0744. The van der Waals surface area contributed by atoms with Gasteiger partial charge in [0.2, 0.25) is 11.8 Å². The zero-order valence-corrected chi connectivity index (χ0v) is 18.2. The third-order valence-corrected chi connectivity index (χ3v) is 6.37. The summed E-state index contributed by atoms with van der Waals surface area (Å²) in [6.45, 7) is 5.61. The van der Waals surface area contributed by atoms with Crippen LogP contribution in [0, 0.1) is 0 Å². The molecule has 31 heavy (non-hydrogen) atoms. The van der Waals surface area contributed by atoms with Crippen LogP contribution in [-0.4, -0.2) is 42.4 Å². The van der Waals surface area contributed by atoms with Gasteiger partial charge in [-0.3, -0.25) is 14.5 Å². The van der Waals surface area contributed by atoms with Crippen LogP contribution >= 0.6 is 0 Å². The van der Waals surface area contributed by atoms with Crippen LogP contribution in [0.4, 0.5) is 5.69 Å². The maximum atomic E-state index is 12.4. The van der Waals surface area contributed by atoms with Gasteiger partial charge in [0.1, 0.15) is 0 Å². The van der Waals surface area contributed by atoms with Gasteiger partial charge >= 0.3 is 0 Å². The Kier molecular flexibility index (Phi) is 6.82. The van der Waals surface area contributed by atoms with Crippen molar-refractivity contribution in [2.24, 2.45) is 0 Å². The van der Waals surface area contributed by atoms with Gasteiger partial charge in [-0.2, -0.15) is 0 Å². The molecule has 2 amide bonds. The second-order valence-corrected chi connectivity index (χ2v) is 8.37. The SMILES string of the molecule is CCC(CNC(=O)/C=C/c1ccc(N2CCCC2=O)cc1)N1CCc2ccccc2C1. The molecule has 0 aliphatic carbocycles. The van der Waals surface area contributed by atoms with Crippen LogP contribution in [0.15, 0.2) is 54.6 Å². The number of anilines is 1. The van der Waals surface area contributed by atoms with Gasteiger partial charge in [0.05, 0.1) is 0 Å². The Morgan fingerprint density at radius 2 is 1.84 bits per heavy atom. The maximum Gasteiger partial charge on any atom is 0.244 e. The fraction of sp³-hybridized carbons (Fsp3) is 0.385. The molecule has 4 rings (SSSR count). The lowest BCUT2D eigenvalue weighted by Crippen LogP contribution is -2.45. The minimum Gasteiger partial charge on any atom is -0.351 e. The molecule has 2 aromatic rings. The molecule has 0 bridgehead atoms. The van der Waals surface area contributed by atoms with Crippen molar-refractivity contribution in [3.05, 3.63) is 71.3 Å². The summed E-state index contributed by atoms with van der Waals surface area (Å²) >= 11 is 0. The molecule has 1 fully saturated rings. The predicted octanol–water partition coefficient (Wildman–Crippen LogP) is 3.78. The highest BCUT2D eigenvalue weighted by molar-refractivity contribution is 5.95. The molecule has 5 heteroatoms. The van der Waals surface area contributed by atoms with Crippen LogP contribution in [0.5, 0.6) is 0 Å². The smallest absolute Gasteiger partial charge is 0.244 e. The second-order valence-electron chi connectivity index (χ2n) is 8.37. The molecular formula is C26H31N3O2. The highest BCUT2D eigenvalue weighted by Crippen LogP contribution is 2.22. The van der Waals surface area contributed by atoms with Crippen molar-refractivity contribution in [2.75, 3.05) is 24.5 Å². The van der Waals surface area contributed by atoms with Gasteiger partial charge in [-0.1, -0.05) is 43.3 Å². The van der Waals surface area contributed by atoms with E-state index in [1.807, 2.05) is 35.2 Å². The third kappa shape index (κ3) is 5.23. The number of carbonyl (C=O) groups excluding carboxylic acids is 2. The Hall–Kier alpha value is -2.92. The Balaban J connectivity index is 1.28. The molecule has 1 unspecified atom stereocenters. The van der Waals surface area contributed by atoms with Crippen LogP contribution in [0.2, 0.25) is 0 Å². The van der Waals surface area contributed by atoms with Gasteiger partial charge in [0, 0.05) is 50.4 Å². The molecule has 1 atom stereocenters. The summed E-state index contributed by atoms with van der Waals surface area (Å²) < 4.78 is 0. The van der Waals surface area contributed by atoms with Crippen LogP contribution in [0.3, 0.4) is 0 Å². The topological polar surface area (TPSA) is 52.7 Å². The Labute approximate surface area is 184 Å². The lowest BCUT2D eigenvalue weighted by Gasteiger charge is -2.35. The van der Waals surface area contributed by atoms with Gasteiger partial charge in [0.15, 0.2) is 0 Å². The molecule has 162 valence electrons. The molecule has 2 heterocycles. The monoisotopic (exact) mass is 417 g/mol. The Morgan fingerprint density at radius 3 is 2.55 bits per heavy atom. The zero-order valence-electron chi connectivity index (χ0n) is 18.2. The van der Waals surface area contributed by atoms with Crippen LogP contribution < -0.4 is 10.2 Å². The predicted molar refractivity (Wildman–Crippen MR) is 125 cm³/mol. The van der Waals surface area contributed by atoms with E-state index in [0.29, 0.717) is 19.0 Å². The molecule has 2 aromatic carbocycles. The first-order chi connectivity index (χ1) is 15.1. The van der Waals surface area contributed by atoms with Gasteiger partial charge in [-0.05, 0) is 54.2 Å². The number of hydrogen-bond donors (Lipinski definition) is 1. The number of carbonyl (C=O) groups is 2. The second kappa shape index (κ2) is 9.92. The number of hydrogen-bond acceptors (Lipinski definition) is 3. The van der Waals surface area contributed by atoms with Crippen molar-refractivity contribution in [3.63, 3.8) is 0 Å². The van der Waals surface area contributed by atoms with E-state index < -0.39 is 0 Å². The van der Waals surface area contributed by atoms with Gasteiger partial charge < -0.3 is 10.2 Å². The van der Waals surface area contributed by atoms with E-state index in [1.165, 1.54) is 11.1 Å². The molecule has 0 saturated carbocycles. The quantitative estimate of drug-likeness (QED) is 0.698. The number of nitrogens with zero attached hydrogens (tertiary/aromatic N) is 2. The highest BCUT2D eigenvalue weighted by Gasteiger charge is 2.23. The van der Waals surface area contributed by atoms with Crippen LogP contribution in [-0.2, 0) is 22.6 Å². The van der Waals surface area contributed by atoms with E-state index in [4.69, 9.17) is 0 Å². The number of rotatable bonds is 7. The molecule has 0 aromatic heterocycles. The molecular weight excluding hydrogens is 386 g/mol. The number of amides is 2. The van der Waals surface area contributed by atoms with E-state index in [9.17, 15) is 9.59 Å². The zero-order chi connectivity index (χ0) is 21.6. The van der Waals surface area contributed by atoms with Crippen molar-refractivity contribution in [1.29, 1.82) is 0 Å². The molecule has 5 nitrogen and oxygen atoms in total. The standard InChI is InChI=1S/C26H31N3O2/c1-2-23(28-17-15-21-6-3-4-7-22(21)19-28)18-27-25(30)14-11-20-9-12-24(13-10-20)29-16-5-8-26(29)31/h3-4,6-7,9-14,23H,2,5,8,15-19H2,1H3,(H,27,30)/b14-11+. The summed E-state index contributed by atoms with van der Waals surface area (Å²) in [5, 5.41) is 3.07. The number of benzene rings is 2. The minimum atomic E-state index is -0.0744. The number of fused-ring (bicyclic) bond motifs is 1. The van der Waals surface area contributed by atoms with Crippen molar-refractivity contribution in [2.45, 2.75) is 45.2 Å². The van der Waals surface area contributed by atoms with Crippen molar-refractivity contribution in [3.8, 4) is 0 Å². The van der Waals surface area contributed by atoms with E-state index in [0.717, 1.165) is 50.1 Å². The first kappa shape index (κ1) is 21.3. The summed E-state index contributed by atoms with van der Waals surface area (Å²) in [6.07, 6.45) is 7.04. The lowest BCUT2D eigenvalue weighted by molar-refractivity contribution is -0.117. The van der Waals surface area contributed by atoms with Gasteiger partial charge in [0.25, 0.3) is 0 Å². The van der Waals surface area contributed by atoms with E-state index in [2.05, 4.69) is 41.4 Å². The summed E-state index contributed by atoms with van der Waals surface area (Å²) in [5.74, 6) is 0.111. The molecule has 2 aliphatic rings. The summed E-state index contributed by atoms with van der Waals surface area (Å²) in [7, 11) is 0. The van der Waals surface area contributed by atoms with E-state index in [-0.39, 0.29) is 11.8 Å². The average molecular weight is 418 g/mol. The maximum absolute atomic E-state index is 12.4. The molecule has 0 spiro atoms. The molecule has 1 N–H and O–H groups in total.